The fraction of sp³-hybridized carbons (Fsp3) is 0.200. The number of ether oxygens (including phenoxy) is 1. The molecule has 0 saturated heterocycles. The maximum Gasteiger partial charge on any atom is 0.338 e. The third-order valence-corrected chi connectivity index (χ3v) is 2.55. The third-order valence-electron chi connectivity index (χ3n) is 2.55. The van der Waals surface area contributed by atoms with Gasteiger partial charge in [0.25, 0.3) is 5.91 Å². The number of carbonyl (C=O) groups is 2. The molecule has 1 amide bonds. The van der Waals surface area contributed by atoms with Gasteiger partial charge in [-0.05, 0) is 38.1 Å². The molecule has 1 aromatic carbocycles. The monoisotopic (exact) mass is 289 g/mol. The number of carboxylic acids is 1. The third kappa shape index (κ3) is 3.85. The van der Waals surface area contributed by atoms with Crippen LogP contribution < -0.4 is 10.1 Å². The SMILES string of the molecule is CC(C)Oc1ccc(NC(=O)c2cc(C(=O)O)co2)cc1. The highest BCUT2D eigenvalue weighted by Gasteiger charge is 2.14. The summed E-state index contributed by atoms with van der Waals surface area (Å²) in [6.45, 7) is 3.85. The summed E-state index contributed by atoms with van der Waals surface area (Å²) in [6, 6.07) is 8.03. The number of nitrogens with one attached hydrogen (secondary N) is 1. The fourth-order valence-corrected chi connectivity index (χ4v) is 1.65. The Morgan fingerprint density at radius 2 is 1.90 bits per heavy atom. The maximum absolute atomic E-state index is 11.9. The zero-order valence-corrected chi connectivity index (χ0v) is 11.6. The van der Waals surface area contributed by atoms with Gasteiger partial charge in [-0.1, -0.05) is 0 Å². The topological polar surface area (TPSA) is 88.8 Å². The summed E-state index contributed by atoms with van der Waals surface area (Å²) in [7, 11) is 0. The van der Waals surface area contributed by atoms with E-state index in [1.54, 1.807) is 24.3 Å². The first-order valence-electron chi connectivity index (χ1n) is 6.35. The quantitative estimate of drug-likeness (QED) is 0.883. The Kier molecular flexibility index (Phi) is 4.27. The van der Waals surface area contributed by atoms with Crippen LogP contribution in [0.1, 0.15) is 34.8 Å². The highest BCUT2D eigenvalue weighted by Crippen LogP contribution is 2.18. The molecule has 1 heterocycles. The highest BCUT2D eigenvalue weighted by atomic mass is 16.5. The van der Waals surface area contributed by atoms with E-state index in [0.717, 1.165) is 6.26 Å². The molecule has 21 heavy (non-hydrogen) atoms. The van der Waals surface area contributed by atoms with Crippen molar-refractivity contribution in [1.29, 1.82) is 0 Å². The molecule has 2 N–H and O–H groups in total. The molecule has 0 bridgehead atoms. The second-order valence-corrected chi connectivity index (χ2v) is 4.65. The highest BCUT2D eigenvalue weighted by molar-refractivity contribution is 6.03. The van der Waals surface area contributed by atoms with Crippen LogP contribution in [-0.2, 0) is 0 Å². The number of anilines is 1. The van der Waals surface area contributed by atoms with Crippen molar-refractivity contribution in [3.05, 3.63) is 47.9 Å². The van der Waals surface area contributed by atoms with Gasteiger partial charge in [-0.2, -0.15) is 0 Å². The average molecular weight is 289 g/mol. The second-order valence-electron chi connectivity index (χ2n) is 4.65. The Balaban J connectivity index is 2.03. The van der Waals surface area contributed by atoms with Gasteiger partial charge in [0.15, 0.2) is 5.76 Å². The van der Waals surface area contributed by atoms with Crippen molar-refractivity contribution in [2.75, 3.05) is 5.32 Å². The molecule has 0 aliphatic rings. The molecular formula is C15H15NO5. The van der Waals surface area contributed by atoms with Gasteiger partial charge in [-0.15, -0.1) is 0 Å². The molecule has 2 aromatic rings. The van der Waals surface area contributed by atoms with Gasteiger partial charge in [0.1, 0.15) is 12.0 Å². The fourth-order valence-electron chi connectivity index (χ4n) is 1.65. The number of aromatic carboxylic acids is 1. The first-order valence-corrected chi connectivity index (χ1v) is 6.35. The number of amides is 1. The Labute approximate surface area is 121 Å². The first kappa shape index (κ1) is 14.6. The van der Waals surface area contributed by atoms with Crippen LogP contribution in [0.4, 0.5) is 5.69 Å². The molecule has 0 atom stereocenters. The van der Waals surface area contributed by atoms with Crippen LogP contribution >= 0.6 is 0 Å². The van der Waals surface area contributed by atoms with E-state index in [1.165, 1.54) is 6.07 Å². The molecule has 6 heteroatoms. The number of hydrogen-bond acceptors (Lipinski definition) is 4. The summed E-state index contributed by atoms with van der Waals surface area (Å²) in [5, 5.41) is 11.4. The van der Waals surface area contributed by atoms with E-state index < -0.39 is 11.9 Å². The zero-order valence-electron chi connectivity index (χ0n) is 11.6. The Morgan fingerprint density at radius 1 is 1.24 bits per heavy atom. The van der Waals surface area contributed by atoms with Crippen molar-refractivity contribution < 1.29 is 23.8 Å². The Bertz CT molecular complexity index is 642. The van der Waals surface area contributed by atoms with E-state index in [-0.39, 0.29) is 17.4 Å². The predicted molar refractivity (Wildman–Crippen MR) is 75.8 cm³/mol. The number of hydrogen-bond donors (Lipinski definition) is 2. The zero-order chi connectivity index (χ0) is 15.4. The minimum absolute atomic E-state index is 0.0603. The van der Waals surface area contributed by atoms with Gasteiger partial charge in [0.05, 0.1) is 11.7 Å². The number of furan rings is 1. The largest absolute Gasteiger partial charge is 0.491 e. The molecule has 0 fully saturated rings. The summed E-state index contributed by atoms with van der Waals surface area (Å²) < 4.78 is 10.4. The lowest BCUT2D eigenvalue weighted by molar-refractivity contribution is 0.0696. The van der Waals surface area contributed by atoms with Gasteiger partial charge in [-0.3, -0.25) is 4.79 Å². The molecule has 2 rings (SSSR count). The van der Waals surface area contributed by atoms with Crippen LogP contribution in [0.5, 0.6) is 5.75 Å². The predicted octanol–water partition coefficient (Wildman–Crippen LogP) is 3.02. The van der Waals surface area contributed by atoms with Gasteiger partial charge < -0.3 is 19.6 Å². The van der Waals surface area contributed by atoms with E-state index in [0.29, 0.717) is 11.4 Å². The smallest absolute Gasteiger partial charge is 0.338 e. The summed E-state index contributed by atoms with van der Waals surface area (Å²) in [6.07, 6.45) is 1.10. The average Bonchev–Trinajstić information content (AvgIpc) is 2.90. The molecule has 0 spiro atoms. The summed E-state index contributed by atoms with van der Waals surface area (Å²) in [5.74, 6) is -1.02. The van der Waals surface area contributed by atoms with Crippen molar-refractivity contribution in [2.45, 2.75) is 20.0 Å². The van der Waals surface area contributed by atoms with Gasteiger partial charge in [0, 0.05) is 11.8 Å². The van der Waals surface area contributed by atoms with Crippen LogP contribution in [-0.4, -0.2) is 23.1 Å². The van der Waals surface area contributed by atoms with Crippen molar-refractivity contribution in [3.63, 3.8) is 0 Å². The molecule has 0 aliphatic heterocycles. The lowest BCUT2D eigenvalue weighted by Crippen LogP contribution is -2.11. The maximum atomic E-state index is 11.9. The lowest BCUT2D eigenvalue weighted by atomic mass is 10.2. The molecule has 0 aliphatic carbocycles. The van der Waals surface area contributed by atoms with Crippen molar-refractivity contribution in [3.8, 4) is 5.75 Å². The minimum atomic E-state index is -1.15. The molecule has 110 valence electrons. The molecule has 0 radical (unpaired) electrons. The normalized spacial score (nSPS) is 10.4. The van der Waals surface area contributed by atoms with Crippen LogP contribution in [0.25, 0.3) is 0 Å². The van der Waals surface area contributed by atoms with Crippen molar-refractivity contribution in [2.24, 2.45) is 0 Å². The van der Waals surface area contributed by atoms with E-state index >= 15 is 0 Å². The van der Waals surface area contributed by atoms with Crippen LogP contribution in [0, 0.1) is 0 Å². The Hall–Kier alpha value is -2.76. The van der Waals surface area contributed by atoms with E-state index in [4.69, 9.17) is 14.3 Å². The van der Waals surface area contributed by atoms with Crippen molar-refractivity contribution >= 4 is 17.6 Å². The Morgan fingerprint density at radius 3 is 2.43 bits per heavy atom. The molecule has 6 nitrogen and oxygen atoms in total. The van der Waals surface area contributed by atoms with Crippen LogP contribution in [0.2, 0.25) is 0 Å². The standard InChI is InChI=1S/C15H15NO5/c1-9(2)21-12-5-3-11(4-6-12)16-14(17)13-7-10(8-20-13)15(18)19/h3-9H,1-2H3,(H,16,17)(H,18,19). The molecule has 0 saturated carbocycles. The number of benzene rings is 1. The van der Waals surface area contributed by atoms with E-state index in [9.17, 15) is 9.59 Å². The summed E-state index contributed by atoms with van der Waals surface area (Å²) in [5.41, 5.74) is 0.491. The lowest BCUT2D eigenvalue weighted by Gasteiger charge is -2.10. The van der Waals surface area contributed by atoms with E-state index in [2.05, 4.69) is 5.32 Å². The number of carboxylic acid groups (broad SMARTS) is 1. The summed E-state index contributed by atoms with van der Waals surface area (Å²) in [4.78, 5) is 22.6. The summed E-state index contributed by atoms with van der Waals surface area (Å²) >= 11 is 0. The molecule has 0 unspecified atom stereocenters. The van der Waals surface area contributed by atoms with E-state index in [1.807, 2.05) is 13.8 Å². The van der Waals surface area contributed by atoms with Gasteiger partial charge >= 0.3 is 5.97 Å². The van der Waals surface area contributed by atoms with Crippen LogP contribution in [0.3, 0.4) is 0 Å². The molecule has 1 aromatic heterocycles. The van der Waals surface area contributed by atoms with Gasteiger partial charge in [0.2, 0.25) is 0 Å². The minimum Gasteiger partial charge on any atom is -0.491 e. The van der Waals surface area contributed by atoms with Crippen molar-refractivity contribution in [1.82, 2.24) is 0 Å². The first-order chi connectivity index (χ1) is 9.95. The van der Waals surface area contributed by atoms with Crippen LogP contribution in [0.15, 0.2) is 41.0 Å². The van der Waals surface area contributed by atoms with Gasteiger partial charge in [-0.25, -0.2) is 4.79 Å². The molecular weight excluding hydrogens is 274 g/mol. The number of carbonyl (C=O) groups excluding carboxylic acids is 1. The second kappa shape index (κ2) is 6.13. The number of rotatable bonds is 5.